The standard InChI is InChI=1S/C12H15N3O2S/c1-17-7-6-15-10(8-11(16)14-12(15)18)9-4-2-3-5-13-9/h2-5,8,12,18H,6-7H2,1H3,(H,14,16). The molecule has 1 atom stereocenters. The third-order valence-corrected chi connectivity index (χ3v) is 3.02. The molecule has 5 nitrogen and oxygen atoms in total. The number of hydrogen-bond donors (Lipinski definition) is 2. The van der Waals surface area contributed by atoms with Crippen LogP contribution in [0.1, 0.15) is 5.69 Å². The largest absolute Gasteiger partial charge is 0.383 e. The Morgan fingerprint density at radius 1 is 1.56 bits per heavy atom. The summed E-state index contributed by atoms with van der Waals surface area (Å²) in [6.45, 7) is 1.18. The summed E-state index contributed by atoms with van der Waals surface area (Å²) in [6.07, 6.45) is 3.23. The first-order chi connectivity index (χ1) is 8.72. The monoisotopic (exact) mass is 265 g/mol. The van der Waals surface area contributed by atoms with E-state index in [-0.39, 0.29) is 11.4 Å². The lowest BCUT2D eigenvalue weighted by Gasteiger charge is -2.35. The average Bonchev–Trinajstić information content (AvgIpc) is 2.38. The van der Waals surface area contributed by atoms with Gasteiger partial charge in [-0.15, -0.1) is 12.6 Å². The molecule has 1 aliphatic rings. The van der Waals surface area contributed by atoms with Crippen molar-refractivity contribution in [2.24, 2.45) is 0 Å². The van der Waals surface area contributed by atoms with Gasteiger partial charge in [-0.25, -0.2) is 0 Å². The molecule has 1 N–H and O–H groups in total. The van der Waals surface area contributed by atoms with Crippen LogP contribution in [-0.2, 0) is 9.53 Å². The minimum Gasteiger partial charge on any atom is -0.383 e. The molecule has 1 aromatic heterocycles. The molecule has 1 aliphatic heterocycles. The van der Waals surface area contributed by atoms with Crippen LogP contribution in [0.2, 0.25) is 0 Å². The zero-order chi connectivity index (χ0) is 13.0. The van der Waals surface area contributed by atoms with Crippen LogP contribution in [0.3, 0.4) is 0 Å². The highest BCUT2D eigenvalue weighted by atomic mass is 32.1. The predicted molar refractivity (Wildman–Crippen MR) is 71.7 cm³/mol. The van der Waals surface area contributed by atoms with Crippen LogP contribution in [0.5, 0.6) is 0 Å². The van der Waals surface area contributed by atoms with Gasteiger partial charge in [0.2, 0.25) is 5.91 Å². The average molecular weight is 265 g/mol. The molecule has 0 aliphatic carbocycles. The van der Waals surface area contributed by atoms with E-state index in [4.69, 9.17) is 4.74 Å². The second kappa shape index (κ2) is 5.88. The summed E-state index contributed by atoms with van der Waals surface area (Å²) >= 11 is 4.37. The number of ether oxygens (including phenoxy) is 1. The van der Waals surface area contributed by atoms with E-state index in [1.807, 2.05) is 23.1 Å². The lowest BCUT2D eigenvalue weighted by Crippen LogP contribution is -2.48. The number of thiol groups is 1. The molecular formula is C12H15N3O2S. The Hall–Kier alpha value is -1.53. The van der Waals surface area contributed by atoms with Gasteiger partial charge in [-0.2, -0.15) is 0 Å². The maximum atomic E-state index is 11.6. The minimum absolute atomic E-state index is 0.163. The molecule has 0 spiro atoms. The fourth-order valence-corrected chi connectivity index (χ4v) is 2.12. The number of amides is 1. The maximum absolute atomic E-state index is 11.6. The summed E-state index contributed by atoms with van der Waals surface area (Å²) < 4.78 is 5.07. The fraction of sp³-hybridized carbons (Fsp3) is 0.333. The van der Waals surface area contributed by atoms with Crippen LogP contribution in [0, 0.1) is 0 Å². The van der Waals surface area contributed by atoms with Crippen molar-refractivity contribution in [1.82, 2.24) is 15.2 Å². The first kappa shape index (κ1) is 12.9. The molecular weight excluding hydrogens is 250 g/mol. The molecule has 0 bridgehead atoms. The van der Waals surface area contributed by atoms with Crippen molar-refractivity contribution in [2.75, 3.05) is 20.3 Å². The van der Waals surface area contributed by atoms with E-state index in [1.54, 1.807) is 13.3 Å². The number of nitrogens with zero attached hydrogens (tertiary/aromatic N) is 2. The van der Waals surface area contributed by atoms with Crippen molar-refractivity contribution in [2.45, 2.75) is 5.50 Å². The van der Waals surface area contributed by atoms with E-state index in [0.29, 0.717) is 13.2 Å². The van der Waals surface area contributed by atoms with Crippen LogP contribution in [-0.4, -0.2) is 41.6 Å². The molecule has 0 aromatic carbocycles. The molecule has 2 heterocycles. The minimum atomic E-state index is -0.366. The van der Waals surface area contributed by atoms with Crippen LogP contribution in [0.25, 0.3) is 5.70 Å². The van der Waals surface area contributed by atoms with E-state index in [0.717, 1.165) is 11.4 Å². The third-order valence-electron chi connectivity index (χ3n) is 2.61. The fourth-order valence-electron chi connectivity index (χ4n) is 1.75. The van der Waals surface area contributed by atoms with Crippen molar-refractivity contribution in [3.63, 3.8) is 0 Å². The van der Waals surface area contributed by atoms with Gasteiger partial charge in [0, 0.05) is 25.9 Å². The lowest BCUT2D eigenvalue weighted by atomic mass is 10.2. The topological polar surface area (TPSA) is 54.5 Å². The Balaban J connectivity index is 2.30. The Labute approximate surface area is 111 Å². The van der Waals surface area contributed by atoms with Crippen molar-refractivity contribution >= 4 is 24.2 Å². The third kappa shape index (κ3) is 2.83. The number of carbonyl (C=O) groups is 1. The normalized spacial score (nSPS) is 19.4. The van der Waals surface area contributed by atoms with Crippen LogP contribution in [0.15, 0.2) is 30.5 Å². The van der Waals surface area contributed by atoms with Gasteiger partial charge in [-0.3, -0.25) is 9.78 Å². The molecule has 6 heteroatoms. The number of pyridine rings is 1. The Bertz CT molecular complexity index is 450. The van der Waals surface area contributed by atoms with Gasteiger partial charge in [-0.1, -0.05) is 6.07 Å². The predicted octanol–water partition coefficient (Wildman–Crippen LogP) is 0.714. The van der Waals surface area contributed by atoms with E-state index < -0.39 is 0 Å². The molecule has 96 valence electrons. The van der Waals surface area contributed by atoms with Gasteiger partial charge in [0.05, 0.1) is 18.0 Å². The maximum Gasteiger partial charge on any atom is 0.248 e. The van der Waals surface area contributed by atoms with Crippen molar-refractivity contribution in [3.8, 4) is 0 Å². The molecule has 1 amide bonds. The van der Waals surface area contributed by atoms with Crippen LogP contribution in [0.4, 0.5) is 0 Å². The molecule has 0 saturated carbocycles. The summed E-state index contributed by atoms with van der Waals surface area (Å²) in [5, 5.41) is 2.73. The van der Waals surface area contributed by atoms with E-state index in [2.05, 4.69) is 22.9 Å². The highest BCUT2D eigenvalue weighted by Gasteiger charge is 2.25. The molecule has 2 rings (SSSR count). The molecule has 0 radical (unpaired) electrons. The van der Waals surface area contributed by atoms with Gasteiger partial charge in [0.15, 0.2) is 0 Å². The number of aromatic nitrogens is 1. The number of rotatable bonds is 4. The quantitative estimate of drug-likeness (QED) is 0.788. The Morgan fingerprint density at radius 2 is 2.39 bits per heavy atom. The number of nitrogens with one attached hydrogen (secondary N) is 1. The van der Waals surface area contributed by atoms with Gasteiger partial charge >= 0.3 is 0 Å². The summed E-state index contributed by atoms with van der Waals surface area (Å²) in [4.78, 5) is 17.8. The lowest BCUT2D eigenvalue weighted by molar-refractivity contribution is -0.117. The summed E-state index contributed by atoms with van der Waals surface area (Å²) in [5.74, 6) is -0.163. The Kier molecular flexibility index (Phi) is 4.22. The molecule has 0 saturated heterocycles. The Morgan fingerprint density at radius 3 is 3.06 bits per heavy atom. The van der Waals surface area contributed by atoms with E-state index in [1.165, 1.54) is 6.08 Å². The summed E-state index contributed by atoms with van der Waals surface area (Å²) in [5.41, 5.74) is 1.15. The molecule has 18 heavy (non-hydrogen) atoms. The first-order valence-corrected chi connectivity index (χ1v) is 6.11. The zero-order valence-electron chi connectivity index (χ0n) is 10.0. The van der Waals surface area contributed by atoms with Crippen LogP contribution >= 0.6 is 12.6 Å². The summed E-state index contributed by atoms with van der Waals surface area (Å²) in [6, 6.07) is 5.59. The molecule has 0 fully saturated rings. The number of hydrogen-bond acceptors (Lipinski definition) is 5. The van der Waals surface area contributed by atoms with E-state index in [9.17, 15) is 4.79 Å². The highest BCUT2D eigenvalue weighted by Crippen LogP contribution is 2.23. The number of methoxy groups -OCH3 is 1. The second-order valence-electron chi connectivity index (χ2n) is 3.81. The molecule has 1 aromatic rings. The summed E-state index contributed by atoms with van der Waals surface area (Å²) in [7, 11) is 1.64. The highest BCUT2D eigenvalue weighted by molar-refractivity contribution is 7.80. The van der Waals surface area contributed by atoms with Gasteiger partial charge in [0.1, 0.15) is 5.50 Å². The number of carbonyl (C=O) groups excluding carboxylic acids is 1. The van der Waals surface area contributed by atoms with Crippen molar-refractivity contribution in [1.29, 1.82) is 0 Å². The van der Waals surface area contributed by atoms with Gasteiger partial charge in [0.25, 0.3) is 0 Å². The van der Waals surface area contributed by atoms with Crippen LogP contribution < -0.4 is 5.32 Å². The smallest absolute Gasteiger partial charge is 0.248 e. The van der Waals surface area contributed by atoms with Crippen molar-refractivity contribution in [3.05, 3.63) is 36.2 Å². The SMILES string of the molecule is COCCN1C(c2ccccn2)=CC(=O)NC1S. The first-order valence-electron chi connectivity index (χ1n) is 5.59. The van der Waals surface area contributed by atoms with Crippen molar-refractivity contribution < 1.29 is 9.53 Å². The second-order valence-corrected chi connectivity index (χ2v) is 4.30. The van der Waals surface area contributed by atoms with Gasteiger partial charge < -0.3 is 15.0 Å². The van der Waals surface area contributed by atoms with E-state index >= 15 is 0 Å². The zero-order valence-corrected chi connectivity index (χ0v) is 10.9. The van der Waals surface area contributed by atoms with Gasteiger partial charge in [-0.05, 0) is 12.1 Å². The molecule has 1 unspecified atom stereocenters.